The molecule has 1 fully saturated rings. The van der Waals surface area contributed by atoms with Crippen molar-refractivity contribution in [2.45, 2.75) is 38.8 Å². The molecule has 1 saturated heterocycles. The SMILES string of the molecule is Cc1c(N)nnn1CCC1CCCO1. The van der Waals surface area contributed by atoms with E-state index < -0.39 is 0 Å². The summed E-state index contributed by atoms with van der Waals surface area (Å²) in [5, 5.41) is 7.77. The second-order valence-corrected chi connectivity index (χ2v) is 3.71. The second-order valence-electron chi connectivity index (χ2n) is 3.71. The maximum Gasteiger partial charge on any atom is 0.168 e. The van der Waals surface area contributed by atoms with Crippen LogP contribution in [0.3, 0.4) is 0 Å². The number of nitrogens with zero attached hydrogens (tertiary/aromatic N) is 3. The molecule has 0 amide bonds. The Hall–Kier alpha value is -1.10. The molecule has 0 aliphatic carbocycles. The van der Waals surface area contributed by atoms with Gasteiger partial charge in [-0.25, -0.2) is 4.68 Å². The van der Waals surface area contributed by atoms with Crippen LogP contribution < -0.4 is 5.73 Å². The Kier molecular flexibility index (Phi) is 2.67. The number of rotatable bonds is 3. The second kappa shape index (κ2) is 3.96. The minimum Gasteiger partial charge on any atom is -0.381 e. The van der Waals surface area contributed by atoms with Gasteiger partial charge in [0.15, 0.2) is 5.82 Å². The molecule has 14 heavy (non-hydrogen) atoms. The summed E-state index contributed by atoms with van der Waals surface area (Å²) < 4.78 is 7.37. The standard InChI is InChI=1S/C9H16N4O/c1-7-9(10)11-12-13(7)5-4-8-3-2-6-14-8/h8H,2-6,10H2,1H3. The van der Waals surface area contributed by atoms with Crippen LogP contribution in [0.2, 0.25) is 0 Å². The normalized spacial score (nSPS) is 21.6. The van der Waals surface area contributed by atoms with Gasteiger partial charge in [-0.05, 0) is 26.2 Å². The first kappa shape index (κ1) is 9.45. The Morgan fingerprint density at radius 2 is 2.50 bits per heavy atom. The monoisotopic (exact) mass is 196 g/mol. The van der Waals surface area contributed by atoms with Crippen molar-refractivity contribution < 1.29 is 4.74 Å². The number of hydrogen-bond donors (Lipinski definition) is 1. The molecule has 0 saturated carbocycles. The molecular formula is C9H16N4O. The number of nitrogens with two attached hydrogens (primary N) is 1. The summed E-state index contributed by atoms with van der Waals surface area (Å²) in [6.07, 6.45) is 3.76. The van der Waals surface area contributed by atoms with Gasteiger partial charge in [-0.2, -0.15) is 0 Å². The van der Waals surface area contributed by atoms with E-state index in [1.165, 1.54) is 12.8 Å². The van der Waals surface area contributed by atoms with Crippen LogP contribution in [0.5, 0.6) is 0 Å². The lowest BCUT2D eigenvalue weighted by Gasteiger charge is -2.09. The quantitative estimate of drug-likeness (QED) is 0.774. The third-order valence-electron chi connectivity index (χ3n) is 2.71. The molecular weight excluding hydrogens is 180 g/mol. The molecule has 5 nitrogen and oxygen atoms in total. The van der Waals surface area contributed by atoms with Gasteiger partial charge in [-0.15, -0.1) is 5.10 Å². The molecule has 1 unspecified atom stereocenters. The number of anilines is 1. The molecule has 1 aromatic heterocycles. The summed E-state index contributed by atoms with van der Waals surface area (Å²) in [6, 6.07) is 0. The minimum absolute atomic E-state index is 0.403. The smallest absolute Gasteiger partial charge is 0.168 e. The highest BCUT2D eigenvalue weighted by molar-refractivity contribution is 5.31. The molecule has 1 aliphatic rings. The maximum absolute atomic E-state index is 5.60. The Balaban J connectivity index is 1.88. The number of hydrogen-bond acceptors (Lipinski definition) is 4. The molecule has 0 bridgehead atoms. The lowest BCUT2D eigenvalue weighted by Crippen LogP contribution is -2.12. The van der Waals surface area contributed by atoms with Crippen LogP contribution in [0.1, 0.15) is 25.0 Å². The van der Waals surface area contributed by atoms with Crippen LogP contribution in [0.4, 0.5) is 5.82 Å². The summed E-state index contributed by atoms with van der Waals surface area (Å²) in [4.78, 5) is 0. The minimum atomic E-state index is 0.403. The van der Waals surface area contributed by atoms with Crippen molar-refractivity contribution in [3.63, 3.8) is 0 Å². The van der Waals surface area contributed by atoms with Crippen molar-refractivity contribution >= 4 is 5.82 Å². The maximum atomic E-state index is 5.60. The van der Waals surface area contributed by atoms with Gasteiger partial charge in [0.1, 0.15) is 0 Å². The Labute approximate surface area is 83.2 Å². The zero-order valence-corrected chi connectivity index (χ0v) is 8.44. The van der Waals surface area contributed by atoms with Gasteiger partial charge >= 0.3 is 0 Å². The van der Waals surface area contributed by atoms with Gasteiger partial charge in [-0.1, -0.05) is 5.21 Å². The topological polar surface area (TPSA) is 66.0 Å². The predicted octanol–water partition coefficient (Wildman–Crippen LogP) is 0.738. The van der Waals surface area contributed by atoms with Gasteiger partial charge in [0.05, 0.1) is 11.8 Å². The molecule has 2 heterocycles. The van der Waals surface area contributed by atoms with Gasteiger partial charge in [-0.3, -0.25) is 0 Å². The number of aryl methyl sites for hydroxylation is 1. The van der Waals surface area contributed by atoms with Crippen LogP contribution in [-0.4, -0.2) is 27.7 Å². The van der Waals surface area contributed by atoms with Crippen LogP contribution in [-0.2, 0) is 11.3 Å². The van der Waals surface area contributed by atoms with Crippen molar-refractivity contribution in [1.82, 2.24) is 15.0 Å². The van der Waals surface area contributed by atoms with E-state index in [2.05, 4.69) is 10.3 Å². The van der Waals surface area contributed by atoms with Crippen molar-refractivity contribution in [2.24, 2.45) is 0 Å². The highest BCUT2D eigenvalue weighted by atomic mass is 16.5. The van der Waals surface area contributed by atoms with Gasteiger partial charge in [0, 0.05) is 13.2 Å². The fourth-order valence-corrected chi connectivity index (χ4v) is 1.72. The zero-order chi connectivity index (χ0) is 9.97. The number of nitrogen functional groups attached to an aromatic ring is 1. The average molecular weight is 196 g/mol. The molecule has 1 aliphatic heterocycles. The molecule has 5 heteroatoms. The first-order chi connectivity index (χ1) is 6.77. The van der Waals surface area contributed by atoms with Crippen LogP contribution in [0.15, 0.2) is 0 Å². The number of ether oxygens (including phenoxy) is 1. The summed E-state index contributed by atoms with van der Waals surface area (Å²) in [5.74, 6) is 0.525. The summed E-state index contributed by atoms with van der Waals surface area (Å²) >= 11 is 0. The molecule has 0 aromatic carbocycles. The average Bonchev–Trinajstić information content (AvgIpc) is 2.77. The van der Waals surface area contributed by atoms with E-state index in [4.69, 9.17) is 10.5 Å². The van der Waals surface area contributed by atoms with Gasteiger partial charge in [0.2, 0.25) is 0 Å². The van der Waals surface area contributed by atoms with Gasteiger partial charge in [0.25, 0.3) is 0 Å². The van der Waals surface area contributed by atoms with Crippen LogP contribution in [0, 0.1) is 6.92 Å². The Morgan fingerprint density at radius 1 is 1.64 bits per heavy atom. The molecule has 0 radical (unpaired) electrons. The van der Waals surface area contributed by atoms with E-state index in [-0.39, 0.29) is 0 Å². The molecule has 1 atom stereocenters. The zero-order valence-electron chi connectivity index (χ0n) is 8.44. The Morgan fingerprint density at radius 3 is 3.07 bits per heavy atom. The fraction of sp³-hybridized carbons (Fsp3) is 0.778. The summed E-state index contributed by atoms with van der Waals surface area (Å²) in [7, 11) is 0. The van der Waals surface area contributed by atoms with Gasteiger partial charge < -0.3 is 10.5 Å². The third kappa shape index (κ3) is 1.87. The largest absolute Gasteiger partial charge is 0.381 e. The summed E-state index contributed by atoms with van der Waals surface area (Å²) in [6.45, 7) is 3.69. The first-order valence-electron chi connectivity index (χ1n) is 5.04. The Bertz CT molecular complexity index is 304. The highest BCUT2D eigenvalue weighted by Crippen LogP contribution is 2.16. The molecule has 78 valence electrons. The van der Waals surface area contributed by atoms with E-state index >= 15 is 0 Å². The summed E-state index contributed by atoms with van der Waals surface area (Å²) in [5.41, 5.74) is 6.55. The third-order valence-corrected chi connectivity index (χ3v) is 2.71. The predicted molar refractivity (Wildman–Crippen MR) is 52.8 cm³/mol. The van der Waals surface area contributed by atoms with E-state index in [9.17, 15) is 0 Å². The molecule has 0 spiro atoms. The fourth-order valence-electron chi connectivity index (χ4n) is 1.72. The van der Waals surface area contributed by atoms with Crippen molar-refractivity contribution in [3.8, 4) is 0 Å². The first-order valence-corrected chi connectivity index (χ1v) is 5.04. The molecule has 1 aromatic rings. The number of aromatic nitrogens is 3. The lowest BCUT2D eigenvalue weighted by molar-refractivity contribution is 0.0991. The van der Waals surface area contributed by atoms with E-state index in [1.807, 2.05) is 11.6 Å². The van der Waals surface area contributed by atoms with E-state index in [0.29, 0.717) is 11.9 Å². The molecule has 2 N–H and O–H groups in total. The van der Waals surface area contributed by atoms with E-state index in [0.717, 1.165) is 25.3 Å². The highest BCUT2D eigenvalue weighted by Gasteiger charge is 2.16. The molecule has 2 rings (SSSR count). The van der Waals surface area contributed by atoms with Crippen LogP contribution in [0.25, 0.3) is 0 Å². The van der Waals surface area contributed by atoms with Crippen molar-refractivity contribution in [1.29, 1.82) is 0 Å². The van der Waals surface area contributed by atoms with Crippen LogP contribution >= 0.6 is 0 Å². The van der Waals surface area contributed by atoms with E-state index in [1.54, 1.807) is 0 Å². The van der Waals surface area contributed by atoms with Crippen molar-refractivity contribution in [3.05, 3.63) is 5.69 Å². The lowest BCUT2D eigenvalue weighted by atomic mass is 10.2. The van der Waals surface area contributed by atoms with Crippen molar-refractivity contribution in [2.75, 3.05) is 12.3 Å².